The number of tetrazole rings is 1. The van der Waals surface area contributed by atoms with E-state index in [2.05, 4.69) is 20.4 Å². The van der Waals surface area contributed by atoms with Crippen LogP contribution in [0, 0.1) is 5.92 Å². The van der Waals surface area contributed by atoms with Crippen molar-refractivity contribution in [1.29, 1.82) is 0 Å². The first-order chi connectivity index (χ1) is 10.9. The number of methoxy groups -OCH3 is 1. The lowest BCUT2D eigenvalue weighted by Gasteiger charge is -2.46. The van der Waals surface area contributed by atoms with Crippen molar-refractivity contribution in [2.24, 2.45) is 5.92 Å². The van der Waals surface area contributed by atoms with Crippen LogP contribution in [0.2, 0.25) is 0 Å². The van der Waals surface area contributed by atoms with Gasteiger partial charge < -0.3 is 9.64 Å². The fraction of sp³-hybridized carbons (Fsp3) is 0.867. The zero-order chi connectivity index (χ0) is 17.0. The number of piperidine rings is 1. The molecule has 1 amide bonds. The highest BCUT2D eigenvalue weighted by molar-refractivity contribution is 5.78. The molecule has 23 heavy (non-hydrogen) atoms. The molecule has 1 aliphatic rings. The van der Waals surface area contributed by atoms with Crippen molar-refractivity contribution in [3.63, 3.8) is 0 Å². The first-order valence-electron chi connectivity index (χ1n) is 8.14. The number of amides is 1. The second-order valence-corrected chi connectivity index (χ2v) is 6.66. The Labute approximate surface area is 137 Å². The molecule has 1 atom stereocenters. The number of ether oxygens (including phenoxy) is 1. The van der Waals surface area contributed by atoms with Crippen LogP contribution >= 0.6 is 0 Å². The van der Waals surface area contributed by atoms with Gasteiger partial charge in [0.25, 0.3) is 0 Å². The number of nitrogens with zero attached hydrogens (tertiary/aromatic N) is 6. The second kappa shape index (κ2) is 7.35. The predicted molar refractivity (Wildman–Crippen MR) is 85.7 cm³/mol. The highest BCUT2D eigenvalue weighted by Gasteiger charge is 2.44. The molecule has 8 nitrogen and oxygen atoms in total. The van der Waals surface area contributed by atoms with Gasteiger partial charge in [-0.15, -0.1) is 5.10 Å². The summed E-state index contributed by atoms with van der Waals surface area (Å²) in [6, 6.07) is 0. The predicted octanol–water partition coefficient (Wildman–Crippen LogP) is 0.355. The number of carbonyl (C=O) groups is 1. The maximum atomic E-state index is 12.5. The molecule has 1 aromatic rings. The van der Waals surface area contributed by atoms with Crippen molar-refractivity contribution in [3.8, 4) is 0 Å². The molecule has 1 aromatic heterocycles. The Hall–Kier alpha value is -1.54. The van der Waals surface area contributed by atoms with E-state index in [9.17, 15) is 4.79 Å². The Balaban J connectivity index is 2.33. The van der Waals surface area contributed by atoms with Crippen LogP contribution in [-0.2, 0) is 21.6 Å². The summed E-state index contributed by atoms with van der Waals surface area (Å²) < 4.78 is 6.95. The number of aromatic nitrogens is 4. The van der Waals surface area contributed by atoms with E-state index in [4.69, 9.17) is 4.74 Å². The second-order valence-electron chi connectivity index (χ2n) is 6.66. The molecule has 130 valence electrons. The first-order valence-corrected chi connectivity index (χ1v) is 8.14. The standard InChI is InChI=1S/C15H28N6O2/c1-12(2)13(22)20-8-6-7-15(11-20,19(3)4)14-16-17-18-21(14)9-10-23-5/h12H,6-11H2,1-5H3. The largest absolute Gasteiger partial charge is 0.383 e. The van der Waals surface area contributed by atoms with Gasteiger partial charge in [-0.2, -0.15) is 0 Å². The lowest BCUT2D eigenvalue weighted by atomic mass is 9.86. The smallest absolute Gasteiger partial charge is 0.225 e. The normalized spacial score (nSPS) is 22.1. The van der Waals surface area contributed by atoms with E-state index in [0.717, 1.165) is 25.2 Å². The number of hydrogen-bond acceptors (Lipinski definition) is 6. The maximum Gasteiger partial charge on any atom is 0.225 e. The molecule has 0 aliphatic carbocycles. The van der Waals surface area contributed by atoms with Crippen LogP contribution in [-0.4, -0.2) is 76.8 Å². The molecule has 1 fully saturated rings. The van der Waals surface area contributed by atoms with Crippen LogP contribution < -0.4 is 0 Å². The van der Waals surface area contributed by atoms with E-state index in [1.54, 1.807) is 11.8 Å². The molecule has 0 saturated carbocycles. The van der Waals surface area contributed by atoms with E-state index < -0.39 is 0 Å². The van der Waals surface area contributed by atoms with Crippen molar-refractivity contribution in [3.05, 3.63) is 5.82 Å². The lowest BCUT2D eigenvalue weighted by molar-refractivity contribution is -0.138. The van der Waals surface area contributed by atoms with E-state index in [-0.39, 0.29) is 17.4 Å². The van der Waals surface area contributed by atoms with Crippen LogP contribution in [0.25, 0.3) is 0 Å². The van der Waals surface area contributed by atoms with E-state index in [1.165, 1.54) is 0 Å². The van der Waals surface area contributed by atoms with Crippen molar-refractivity contribution >= 4 is 5.91 Å². The van der Waals surface area contributed by atoms with Crippen molar-refractivity contribution in [2.75, 3.05) is 40.9 Å². The average molecular weight is 324 g/mol. The van der Waals surface area contributed by atoms with E-state index in [1.807, 2.05) is 32.8 Å². The molecule has 0 aromatic carbocycles. The summed E-state index contributed by atoms with van der Waals surface area (Å²) in [4.78, 5) is 16.6. The van der Waals surface area contributed by atoms with Gasteiger partial charge in [-0.25, -0.2) is 4.68 Å². The fourth-order valence-electron chi connectivity index (χ4n) is 3.20. The van der Waals surface area contributed by atoms with Gasteiger partial charge in [0, 0.05) is 26.1 Å². The zero-order valence-electron chi connectivity index (χ0n) is 14.8. The zero-order valence-corrected chi connectivity index (χ0v) is 14.8. The summed E-state index contributed by atoms with van der Waals surface area (Å²) in [5.41, 5.74) is -0.361. The quantitative estimate of drug-likeness (QED) is 0.752. The summed E-state index contributed by atoms with van der Waals surface area (Å²) in [5.74, 6) is 0.991. The third kappa shape index (κ3) is 3.53. The summed E-state index contributed by atoms with van der Waals surface area (Å²) in [5, 5.41) is 12.3. The van der Waals surface area contributed by atoms with Crippen molar-refractivity contribution < 1.29 is 9.53 Å². The monoisotopic (exact) mass is 324 g/mol. The Morgan fingerprint density at radius 1 is 1.43 bits per heavy atom. The van der Waals surface area contributed by atoms with E-state index >= 15 is 0 Å². The van der Waals surface area contributed by atoms with E-state index in [0.29, 0.717) is 19.7 Å². The summed E-state index contributed by atoms with van der Waals surface area (Å²) in [6.45, 7) is 6.45. The van der Waals surface area contributed by atoms with Crippen LogP contribution in [0.5, 0.6) is 0 Å². The minimum absolute atomic E-state index is 0.00236. The Kier molecular flexibility index (Phi) is 5.69. The molecular formula is C15H28N6O2. The fourth-order valence-corrected chi connectivity index (χ4v) is 3.20. The molecular weight excluding hydrogens is 296 g/mol. The van der Waals surface area contributed by atoms with Crippen LogP contribution in [0.1, 0.15) is 32.5 Å². The van der Waals surface area contributed by atoms with Gasteiger partial charge in [0.15, 0.2) is 5.82 Å². The minimum atomic E-state index is -0.361. The summed E-state index contributed by atoms with van der Waals surface area (Å²) in [7, 11) is 5.72. The van der Waals surface area contributed by atoms with Gasteiger partial charge in [0.05, 0.1) is 13.2 Å². The van der Waals surface area contributed by atoms with Gasteiger partial charge >= 0.3 is 0 Å². The van der Waals surface area contributed by atoms with Gasteiger partial charge in [0.1, 0.15) is 5.54 Å². The summed E-state index contributed by atoms with van der Waals surface area (Å²) in [6.07, 6.45) is 1.86. The van der Waals surface area contributed by atoms with Gasteiger partial charge in [-0.05, 0) is 37.4 Å². The first kappa shape index (κ1) is 17.8. The SMILES string of the molecule is COCCn1nnnc1C1(N(C)C)CCCN(C(=O)C(C)C)C1. The Morgan fingerprint density at radius 3 is 2.78 bits per heavy atom. The number of likely N-dealkylation sites (N-methyl/N-ethyl adjacent to an activating group) is 1. The number of carbonyl (C=O) groups excluding carboxylic acids is 1. The molecule has 0 bridgehead atoms. The molecule has 0 spiro atoms. The third-order valence-electron chi connectivity index (χ3n) is 4.59. The summed E-state index contributed by atoms with van der Waals surface area (Å²) >= 11 is 0. The molecule has 1 aliphatic heterocycles. The molecule has 8 heteroatoms. The molecule has 0 radical (unpaired) electrons. The Morgan fingerprint density at radius 2 is 2.17 bits per heavy atom. The Bertz CT molecular complexity index is 530. The molecule has 1 saturated heterocycles. The highest BCUT2D eigenvalue weighted by atomic mass is 16.5. The van der Waals surface area contributed by atoms with Crippen molar-refractivity contribution in [1.82, 2.24) is 30.0 Å². The molecule has 2 rings (SSSR count). The van der Waals surface area contributed by atoms with Crippen LogP contribution in [0.3, 0.4) is 0 Å². The topological polar surface area (TPSA) is 76.4 Å². The molecule has 0 N–H and O–H groups in total. The number of likely N-dealkylation sites (tertiary alicyclic amines) is 1. The highest BCUT2D eigenvalue weighted by Crippen LogP contribution is 2.35. The number of rotatable bonds is 6. The van der Waals surface area contributed by atoms with Crippen LogP contribution in [0.15, 0.2) is 0 Å². The van der Waals surface area contributed by atoms with Crippen LogP contribution in [0.4, 0.5) is 0 Å². The van der Waals surface area contributed by atoms with Crippen molar-refractivity contribution in [2.45, 2.75) is 38.8 Å². The molecule has 1 unspecified atom stereocenters. The van der Waals surface area contributed by atoms with Gasteiger partial charge in [-0.1, -0.05) is 13.8 Å². The lowest BCUT2D eigenvalue weighted by Crippen LogP contribution is -2.57. The minimum Gasteiger partial charge on any atom is -0.383 e. The molecule has 2 heterocycles. The third-order valence-corrected chi connectivity index (χ3v) is 4.59. The maximum absolute atomic E-state index is 12.5. The van der Waals surface area contributed by atoms with Gasteiger partial charge in [0.2, 0.25) is 5.91 Å². The average Bonchev–Trinajstić information content (AvgIpc) is 3.00. The number of hydrogen-bond donors (Lipinski definition) is 0. The van der Waals surface area contributed by atoms with Gasteiger partial charge in [-0.3, -0.25) is 9.69 Å².